The van der Waals surface area contributed by atoms with E-state index in [-0.39, 0.29) is 42.9 Å². The number of nitrogens with zero attached hydrogens (tertiary/aromatic N) is 2. The molecule has 2 aliphatic heterocycles. The normalized spacial score (nSPS) is 39.2. The molecule has 2 saturated heterocycles. The predicted octanol–water partition coefficient (Wildman–Crippen LogP) is 3.22. The first-order valence-electron chi connectivity index (χ1n) is 18.4. The summed E-state index contributed by atoms with van der Waals surface area (Å²) in [5.41, 5.74) is -3.09. The van der Waals surface area contributed by atoms with Gasteiger partial charge in [-0.25, -0.2) is 0 Å². The summed E-state index contributed by atoms with van der Waals surface area (Å²) < 4.78 is 30.9. The maximum absolute atomic E-state index is 14.0. The summed E-state index contributed by atoms with van der Waals surface area (Å²) in [6.07, 6.45) is -7.46. The number of nitro benzene ring substituents is 1. The van der Waals surface area contributed by atoms with Crippen LogP contribution in [0.1, 0.15) is 80.2 Å². The molecule has 0 spiro atoms. The first kappa shape index (κ1) is 44.3. The average Bonchev–Trinajstić information content (AvgIpc) is 3.10. The van der Waals surface area contributed by atoms with Crippen LogP contribution in [0.15, 0.2) is 24.3 Å². The van der Waals surface area contributed by atoms with E-state index >= 15 is 0 Å². The van der Waals surface area contributed by atoms with Gasteiger partial charge < -0.3 is 43.9 Å². The molecule has 15 nitrogen and oxygen atoms in total. The van der Waals surface area contributed by atoms with Gasteiger partial charge in [-0.3, -0.25) is 24.5 Å². The van der Waals surface area contributed by atoms with Gasteiger partial charge in [0.15, 0.2) is 6.29 Å². The van der Waals surface area contributed by atoms with E-state index in [9.17, 15) is 39.8 Å². The molecule has 0 saturated carbocycles. The van der Waals surface area contributed by atoms with Crippen molar-refractivity contribution in [2.75, 3.05) is 21.2 Å². The highest BCUT2D eigenvalue weighted by atomic mass is 16.7. The van der Waals surface area contributed by atoms with Crippen molar-refractivity contribution in [2.45, 2.75) is 141 Å². The maximum atomic E-state index is 14.0. The summed E-state index contributed by atoms with van der Waals surface area (Å²) in [5.74, 6) is -5.86. The van der Waals surface area contributed by atoms with Gasteiger partial charge in [-0.1, -0.05) is 39.8 Å². The van der Waals surface area contributed by atoms with Crippen molar-refractivity contribution in [3.8, 4) is 0 Å². The zero-order valence-electron chi connectivity index (χ0n) is 32.9. The average molecular weight is 753 g/mol. The van der Waals surface area contributed by atoms with Crippen LogP contribution in [0.25, 0.3) is 0 Å². The molecule has 15 heteroatoms. The van der Waals surface area contributed by atoms with Gasteiger partial charge in [0.25, 0.3) is 5.69 Å². The number of carbonyl (C=O) groups excluding carboxylic acids is 3. The number of esters is 2. The SMILES string of the molecule is CC[C@@H]1OC(=O)[C@H](C)[C@@H](OC(=O)Cc2ccc([N+](=O)[O-])cc2)[C@H](C)[C@@H](OC2O[C@H](C)C[C@H](N(C)C)[C@H]2O)[C@@](C)(OC)C[C@@H](C)C(=O)[C@@H](C)[C@@H](O)[C@]1(C)O. The molecule has 2 aliphatic rings. The van der Waals surface area contributed by atoms with Crippen LogP contribution >= 0.6 is 0 Å². The lowest BCUT2D eigenvalue weighted by Crippen LogP contribution is -2.60. The van der Waals surface area contributed by atoms with Crippen molar-refractivity contribution in [1.29, 1.82) is 0 Å². The summed E-state index contributed by atoms with van der Waals surface area (Å²) >= 11 is 0. The van der Waals surface area contributed by atoms with E-state index in [1.165, 1.54) is 52.1 Å². The molecule has 1 aromatic carbocycles. The molecule has 3 rings (SSSR count). The molecular weight excluding hydrogens is 692 g/mol. The van der Waals surface area contributed by atoms with E-state index in [1.54, 1.807) is 27.7 Å². The van der Waals surface area contributed by atoms with E-state index in [4.69, 9.17) is 23.7 Å². The Morgan fingerprint density at radius 3 is 2.19 bits per heavy atom. The highest BCUT2D eigenvalue weighted by molar-refractivity contribution is 5.83. The quantitative estimate of drug-likeness (QED) is 0.188. The summed E-state index contributed by atoms with van der Waals surface area (Å²) in [7, 11) is 5.11. The minimum atomic E-state index is -2.03. The van der Waals surface area contributed by atoms with Crippen molar-refractivity contribution >= 4 is 23.4 Å². The van der Waals surface area contributed by atoms with Crippen LogP contribution in [-0.4, -0.2) is 124 Å². The number of likely N-dealkylation sites (N-methyl/N-ethyl adjacent to an activating group) is 1. The number of aliphatic hydroxyl groups excluding tert-OH is 2. The maximum Gasteiger partial charge on any atom is 0.312 e. The van der Waals surface area contributed by atoms with Gasteiger partial charge in [0.05, 0.1) is 41.2 Å². The number of non-ortho nitro benzene ring substituents is 1. The molecule has 2 fully saturated rings. The third kappa shape index (κ3) is 10.2. The fourth-order valence-corrected chi connectivity index (χ4v) is 7.88. The molecule has 0 bridgehead atoms. The van der Waals surface area contributed by atoms with Gasteiger partial charge in [-0.2, -0.15) is 0 Å². The van der Waals surface area contributed by atoms with Gasteiger partial charge >= 0.3 is 11.9 Å². The van der Waals surface area contributed by atoms with E-state index in [0.717, 1.165) is 0 Å². The zero-order chi connectivity index (χ0) is 40.2. The van der Waals surface area contributed by atoms with Crippen LogP contribution in [0.2, 0.25) is 0 Å². The van der Waals surface area contributed by atoms with Crippen molar-refractivity contribution in [3.63, 3.8) is 0 Å². The molecule has 0 amide bonds. The van der Waals surface area contributed by atoms with Crippen molar-refractivity contribution in [2.24, 2.45) is 23.7 Å². The van der Waals surface area contributed by atoms with Crippen LogP contribution in [0.3, 0.4) is 0 Å². The fourth-order valence-electron chi connectivity index (χ4n) is 7.88. The molecule has 14 atom stereocenters. The lowest BCUT2D eigenvalue weighted by atomic mass is 9.74. The molecule has 53 heavy (non-hydrogen) atoms. The first-order valence-corrected chi connectivity index (χ1v) is 18.4. The number of ketones is 1. The highest BCUT2D eigenvalue weighted by Gasteiger charge is 2.53. The van der Waals surface area contributed by atoms with E-state index < -0.39 is 88.5 Å². The number of ether oxygens (including phenoxy) is 5. The molecular formula is C38H60N2O13. The molecule has 1 aromatic rings. The van der Waals surface area contributed by atoms with Gasteiger partial charge in [0.1, 0.15) is 29.7 Å². The Kier molecular flexibility index (Phi) is 15.1. The van der Waals surface area contributed by atoms with Crippen LogP contribution in [-0.2, 0) is 44.5 Å². The Balaban J connectivity index is 2.18. The number of carbonyl (C=O) groups is 3. The Bertz CT molecular complexity index is 1420. The van der Waals surface area contributed by atoms with Crippen LogP contribution in [0.4, 0.5) is 5.69 Å². The van der Waals surface area contributed by atoms with Gasteiger partial charge in [0, 0.05) is 43.0 Å². The molecule has 2 heterocycles. The minimum Gasteiger partial charge on any atom is -0.461 e. The molecule has 0 aliphatic carbocycles. The summed E-state index contributed by atoms with van der Waals surface area (Å²) in [6, 6.07) is 5.08. The van der Waals surface area contributed by atoms with Crippen LogP contribution in [0, 0.1) is 33.8 Å². The third-order valence-corrected chi connectivity index (χ3v) is 11.2. The fraction of sp³-hybridized carbons (Fsp3) is 0.763. The Morgan fingerprint density at radius 2 is 1.66 bits per heavy atom. The van der Waals surface area contributed by atoms with Crippen molar-refractivity contribution in [3.05, 3.63) is 39.9 Å². The number of benzene rings is 1. The molecule has 3 N–H and O–H groups in total. The van der Waals surface area contributed by atoms with E-state index in [2.05, 4.69) is 0 Å². The number of hydrogen-bond acceptors (Lipinski definition) is 14. The van der Waals surface area contributed by atoms with E-state index in [0.29, 0.717) is 12.0 Å². The number of aliphatic hydroxyl groups is 3. The monoisotopic (exact) mass is 752 g/mol. The Labute approximate surface area is 312 Å². The topological polar surface area (TPSA) is 204 Å². The Morgan fingerprint density at radius 1 is 1.06 bits per heavy atom. The molecule has 0 radical (unpaired) electrons. The number of rotatable bonds is 9. The zero-order valence-corrected chi connectivity index (χ0v) is 32.9. The van der Waals surface area contributed by atoms with Crippen LogP contribution < -0.4 is 0 Å². The number of methoxy groups -OCH3 is 1. The number of cyclic esters (lactones) is 1. The smallest absolute Gasteiger partial charge is 0.312 e. The van der Waals surface area contributed by atoms with Gasteiger partial charge in [-0.05, 0) is 66.6 Å². The van der Waals surface area contributed by atoms with Crippen molar-refractivity contribution < 1.29 is 58.3 Å². The lowest BCUT2D eigenvalue weighted by Gasteiger charge is -2.48. The second-order valence-electron chi connectivity index (χ2n) is 15.6. The second kappa shape index (κ2) is 18.1. The summed E-state index contributed by atoms with van der Waals surface area (Å²) in [6.45, 7) is 13.0. The van der Waals surface area contributed by atoms with Crippen molar-refractivity contribution in [1.82, 2.24) is 4.90 Å². The predicted molar refractivity (Wildman–Crippen MR) is 192 cm³/mol. The number of nitro groups is 1. The summed E-state index contributed by atoms with van der Waals surface area (Å²) in [5, 5.41) is 45.6. The third-order valence-electron chi connectivity index (χ3n) is 11.2. The number of hydrogen-bond donors (Lipinski definition) is 3. The highest BCUT2D eigenvalue weighted by Crippen LogP contribution is 2.40. The lowest BCUT2D eigenvalue weighted by molar-refractivity contribution is -0.384. The second-order valence-corrected chi connectivity index (χ2v) is 15.6. The van der Waals surface area contributed by atoms with Gasteiger partial charge in [0.2, 0.25) is 0 Å². The largest absolute Gasteiger partial charge is 0.461 e. The van der Waals surface area contributed by atoms with E-state index in [1.807, 2.05) is 25.9 Å². The molecule has 0 aromatic heterocycles. The standard InChI is InChI=1S/C38H60N2O13/c1-12-28-38(8,46)33(44)22(4)30(42)20(2)19-37(7,49-11)34(53-36-31(43)27(39(9)10)17-21(3)50-36)23(5)32(24(6)35(45)51-28)52-29(41)18-25-13-15-26(16-14-25)40(47)48/h13-16,20-24,27-28,31-34,36,43-44,46H,12,17-19H2,1-11H3/t20-,21-,22-,23+,24-,27+,28+,31-,32+,33-,34-,36?,37+,38-/m1/s1. The Hall–Kier alpha value is -3.05. The number of Topliss-reactive ketones (excluding diaryl/α,β-unsaturated/α-hetero) is 1. The summed E-state index contributed by atoms with van der Waals surface area (Å²) in [4.78, 5) is 54.0. The van der Waals surface area contributed by atoms with Gasteiger partial charge in [-0.15, -0.1) is 0 Å². The first-order chi connectivity index (χ1) is 24.6. The molecule has 300 valence electrons. The molecule has 1 unspecified atom stereocenters. The minimum absolute atomic E-state index is 0.0332. The van der Waals surface area contributed by atoms with Crippen LogP contribution in [0.5, 0.6) is 0 Å².